The van der Waals surface area contributed by atoms with Crippen LogP contribution in [0, 0.1) is 22.9 Å². The highest BCUT2D eigenvalue weighted by Gasteiger charge is 2.22. The van der Waals surface area contributed by atoms with Gasteiger partial charge in [-0.1, -0.05) is 29.4 Å². The zero-order valence-electron chi connectivity index (χ0n) is 13.5. The summed E-state index contributed by atoms with van der Waals surface area (Å²) < 4.78 is 24.0. The van der Waals surface area contributed by atoms with Gasteiger partial charge in [0.15, 0.2) is 6.10 Å². The Bertz CT molecular complexity index is 926. The molecule has 2 aromatic carbocycles. The Labute approximate surface area is 142 Å². The lowest BCUT2D eigenvalue weighted by atomic mass is 10.1. The lowest BCUT2D eigenvalue weighted by Crippen LogP contribution is -2.05. The molecule has 1 heterocycles. The monoisotopic (exact) mass is 343 g/mol. The molecule has 3 rings (SSSR count). The molecule has 7 nitrogen and oxygen atoms in total. The van der Waals surface area contributed by atoms with Crippen molar-refractivity contribution in [3.8, 4) is 17.1 Å². The Kier molecular flexibility index (Phi) is 4.42. The minimum absolute atomic E-state index is 0.136. The fourth-order valence-corrected chi connectivity index (χ4v) is 2.31. The Hall–Kier alpha value is -3.29. The Balaban J connectivity index is 1.86. The number of nitro benzene ring substituents is 1. The molecule has 0 bridgehead atoms. The molecule has 0 aliphatic carbocycles. The van der Waals surface area contributed by atoms with E-state index in [0.29, 0.717) is 5.82 Å². The molecule has 3 aromatic rings. The molecule has 0 N–H and O–H groups in total. The molecular formula is C17H14FN3O4. The summed E-state index contributed by atoms with van der Waals surface area (Å²) in [6.45, 7) is 3.51. The number of nitro groups is 1. The number of ether oxygens (including phenoxy) is 1. The summed E-state index contributed by atoms with van der Waals surface area (Å²) in [7, 11) is 0. The van der Waals surface area contributed by atoms with Crippen LogP contribution < -0.4 is 4.74 Å². The van der Waals surface area contributed by atoms with Crippen LogP contribution in [0.2, 0.25) is 0 Å². The van der Waals surface area contributed by atoms with Crippen molar-refractivity contribution < 1.29 is 18.6 Å². The third kappa shape index (κ3) is 3.47. The lowest BCUT2D eigenvalue weighted by Gasteiger charge is -2.10. The van der Waals surface area contributed by atoms with Gasteiger partial charge in [0.2, 0.25) is 11.6 Å². The summed E-state index contributed by atoms with van der Waals surface area (Å²) in [4.78, 5) is 14.7. The van der Waals surface area contributed by atoms with Crippen molar-refractivity contribution >= 4 is 5.69 Å². The summed E-state index contributed by atoms with van der Waals surface area (Å²) >= 11 is 0. The van der Waals surface area contributed by atoms with Gasteiger partial charge < -0.3 is 9.26 Å². The van der Waals surface area contributed by atoms with Crippen molar-refractivity contribution in [2.24, 2.45) is 0 Å². The third-order valence-electron chi connectivity index (χ3n) is 3.60. The van der Waals surface area contributed by atoms with Gasteiger partial charge in [-0.15, -0.1) is 0 Å². The molecule has 0 fully saturated rings. The first kappa shape index (κ1) is 16.6. The van der Waals surface area contributed by atoms with E-state index in [1.165, 1.54) is 0 Å². The van der Waals surface area contributed by atoms with Crippen LogP contribution in [0.3, 0.4) is 0 Å². The van der Waals surface area contributed by atoms with E-state index in [1.807, 2.05) is 31.2 Å². The minimum Gasteiger partial charge on any atom is -0.474 e. The molecule has 1 unspecified atom stereocenters. The maximum absolute atomic E-state index is 13.4. The summed E-state index contributed by atoms with van der Waals surface area (Å²) in [6, 6.07) is 10.5. The van der Waals surface area contributed by atoms with E-state index in [1.54, 1.807) is 6.92 Å². The van der Waals surface area contributed by atoms with Crippen molar-refractivity contribution in [3.05, 3.63) is 69.9 Å². The third-order valence-corrected chi connectivity index (χ3v) is 3.60. The molecule has 0 saturated carbocycles. The predicted octanol–water partition coefficient (Wildman–Crippen LogP) is 4.23. The number of rotatable bonds is 5. The molecule has 0 spiro atoms. The average molecular weight is 343 g/mol. The molecule has 1 aromatic heterocycles. The zero-order valence-corrected chi connectivity index (χ0v) is 13.5. The minimum atomic E-state index is -0.786. The van der Waals surface area contributed by atoms with Crippen LogP contribution in [-0.2, 0) is 0 Å². The second kappa shape index (κ2) is 6.68. The van der Waals surface area contributed by atoms with E-state index in [9.17, 15) is 14.5 Å². The summed E-state index contributed by atoms with van der Waals surface area (Å²) in [5.74, 6) is -0.318. The topological polar surface area (TPSA) is 91.3 Å². The van der Waals surface area contributed by atoms with Gasteiger partial charge in [-0.2, -0.15) is 4.98 Å². The number of hydrogen-bond acceptors (Lipinski definition) is 6. The summed E-state index contributed by atoms with van der Waals surface area (Å²) in [5, 5.41) is 14.9. The molecule has 0 radical (unpaired) electrons. The second-order valence-electron chi connectivity index (χ2n) is 5.40. The quantitative estimate of drug-likeness (QED) is 0.508. The first-order valence-electron chi connectivity index (χ1n) is 7.46. The zero-order chi connectivity index (χ0) is 18.0. The molecule has 1 atom stereocenters. The summed E-state index contributed by atoms with van der Waals surface area (Å²) in [5.41, 5.74) is 1.44. The van der Waals surface area contributed by atoms with E-state index in [0.717, 1.165) is 29.3 Å². The molecule has 128 valence electrons. The van der Waals surface area contributed by atoms with Crippen LogP contribution in [0.15, 0.2) is 47.0 Å². The number of aromatic nitrogens is 2. The highest BCUT2D eigenvalue weighted by atomic mass is 19.1. The van der Waals surface area contributed by atoms with E-state index in [-0.39, 0.29) is 17.3 Å². The molecule has 8 heteroatoms. The van der Waals surface area contributed by atoms with Crippen molar-refractivity contribution in [2.75, 3.05) is 0 Å². The van der Waals surface area contributed by atoms with Gasteiger partial charge in [-0.05, 0) is 25.5 Å². The van der Waals surface area contributed by atoms with Gasteiger partial charge >= 0.3 is 5.69 Å². The van der Waals surface area contributed by atoms with Gasteiger partial charge in [0.05, 0.1) is 4.92 Å². The maximum Gasteiger partial charge on any atom is 0.311 e. The van der Waals surface area contributed by atoms with Gasteiger partial charge in [-0.25, -0.2) is 4.39 Å². The van der Waals surface area contributed by atoms with Crippen molar-refractivity contribution in [3.63, 3.8) is 0 Å². The van der Waals surface area contributed by atoms with Crippen molar-refractivity contribution in [2.45, 2.75) is 20.0 Å². The maximum atomic E-state index is 13.4. The van der Waals surface area contributed by atoms with Crippen LogP contribution in [0.25, 0.3) is 11.4 Å². The Morgan fingerprint density at radius 1 is 1.28 bits per heavy atom. The van der Waals surface area contributed by atoms with Crippen LogP contribution in [-0.4, -0.2) is 15.1 Å². The molecule has 0 aliphatic rings. The molecule has 0 amide bonds. The lowest BCUT2D eigenvalue weighted by molar-refractivity contribution is -0.386. The predicted molar refractivity (Wildman–Crippen MR) is 86.6 cm³/mol. The fraction of sp³-hybridized carbons (Fsp3) is 0.176. The van der Waals surface area contributed by atoms with E-state index < -0.39 is 16.8 Å². The summed E-state index contributed by atoms with van der Waals surface area (Å²) in [6.07, 6.45) is -0.786. The van der Waals surface area contributed by atoms with Crippen LogP contribution in [0.1, 0.15) is 24.5 Å². The Morgan fingerprint density at radius 3 is 2.76 bits per heavy atom. The van der Waals surface area contributed by atoms with E-state index in [4.69, 9.17) is 9.26 Å². The number of halogens is 1. The fourth-order valence-electron chi connectivity index (χ4n) is 2.31. The normalized spacial score (nSPS) is 12.0. The highest BCUT2D eigenvalue weighted by Crippen LogP contribution is 2.32. The first-order valence-corrected chi connectivity index (χ1v) is 7.46. The largest absolute Gasteiger partial charge is 0.474 e. The highest BCUT2D eigenvalue weighted by molar-refractivity contribution is 5.59. The van der Waals surface area contributed by atoms with Crippen LogP contribution in [0.5, 0.6) is 5.75 Å². The molecule has 0 saturated heterocycles. The first-order chi connectivity index (χ1) is 12.0. The molecule has 25 heavy (non-hydrogen) atoms. The number of benzene rings is 2. The average Bonchev–Trinajstić information content (AvgIpc) is 3.05. The standard InChI is InChI=1S/C17H14FN3O4/c1-10-5-3-4-6-13(10)16-19-17(25-20-16)11(2)24-15-9-12(18)7-8-14(15)21(22)23/h3-9,11H,1-2H3. The van der Waals surface area contributed by atoms with Crippen molar-refractivity contribution in [1.82, 2.24) is 10.1 Å². The van der Waals surface area contributed by atoms with E-state index in [2.05, 4.69) is 10.1 Å². The number of aryl methyl sites for hydroxylation is 1. The SMILES string of the molecule is Cc1ccccc1-c1noc(C(C)Oc2cc(F)ccc2[N+](=O)[O-])n1. The van der Waals surface area contributed by atoms with Crippen LogP contribution in [0.4, 0.5) is 10.1 Å². The van der Waals surface area contributed by atoms with Crippen LogP contribution >= 0.6 is 0 Å². The van der Waals surface area contributed by atoms with Crippen molar-refractivity contribution in [1.29, 1.82) is 0 Å². The smallest absolute Gasteiger partial charge is 0.311 e. The number of hydrogen-bond donors (Lipinski definition) is 0. The molecular weight excluding hydrogens is 329 g/mol. The number of nitrogens with zero attached hydrogens (tertiary/aromatic N) is 3. The molecule has 0 aliphatic heterocycles. The van der Waals surface area contributed by atoms with E-state index >= 15 is 0 Å². The van der Waals surface area contributed by atoms with Gasteiger partial charge in [0.25, 0.3) is 5.89 Å². The van der Waals surface area contributed by atoms with Gasteiger partial charge in [0.1, 0.15) is 5.82 Å². The van der Waals surface area contributed by atoms with Gasteiger partial charge in [-0.3, -0.25) is 10.1 Å². The Morgan fingerprint density at radius 2 is 2.04 bits per heavy atom. The van der Waals surface area contributed by atoms with Gasteiger partial charge in [0, 0.05) is 17.7 Å². The second-order valence-corrected chi connectivity index (χ2v) is 5.40.